The van der Waals surface area contributed by atoms with Gasteiger partial charge in [0.15, 0.2) is 9.84 Å². The van der Waals surface area contributed by atoms with E-state index in [2.05, 4.69) is 0 Å². The number of amides is 1. The van der Waals surface area contributed by atoms with Crippen LogP contribution in [0.4, 0.5) is 0 Å². The van der Waals surface area contributed by atoms with Crippen molar-refractivity contribution in [3.63, 3.8) is 0 Å². The molecule has 0 aromatic rings. The number of carbonyl (C=O) groups excluding carboxylic acids is 1. The third-order valence-electron chi connectivity index (χ3n) is 2.75. The first-order valence-electron chi connectivity index (χ1n) is 5.34. The Balaban J connectivity index is 2.97. The Labute approximate surface area is 112 Å². The number of thioether (sulfide) groups is 1. The summed E-state index contributed by atoms with van der Waals surface area (Å²) in [7, 11) is -3.25. The lowest BCUT2D eigenvalue weighted by Crippen LogP contribution is -2.54. The van der Waals surface area contributed by atoms with Gasteiger partial charge >= 0.3 is 0 Å². The Bertz CT molecular complexity index is 394. The molecule has 1 aliphatic heterocycles. The van der Waals surface area contributed by atoms with Crippen molar-refractivity contribution >= 4 is 39.1 Å². The summed E-state index contributed by atoms with van der Waals surface area (Å²) >= 11 is 7.33. The third-order valence-corrected chi connectivity index (χ3v) is 6.06. The van der Waals surface area contributed by atoms with Gasteiger partial charge in [-0.3, -0.25) is 4.79 Å². The second kappa shape index (κ2) is 5.36. The van der Waals surface area contributed by atoms with Crippen molar-refractivity contribution in [3.8, 4) is 0 Å². The van der Waals surface area contributed by atoms with E-state index in [-0.39, 0.29) is 11.8 Å². The zero-order valence-electron chi connectivity index (χ0n) is 10.3. The van der Waals surface area contributed by atoms with E-state index in [1.165, 1.54) is 11.2 Å². The summed E-state index contributed by atoms with van der Waals surface area (Å²) in [5, 5.41) is -0.712. The second-order valence-corrected chi connectivity index (χ2v) is 8.50. The zero-order valence-corrected chi connectivity index (χ0v) is 12.7. The Morgan fingerprint density at radius 3 is 2.59 bits per heavy atom. The first kappa shape index (κ1) is 15.1. The first-order valence-corrected chi connectivity index (χ1v) is 8.98. The van der Waals surface area contributed by atoms with E-state index in [0.717, 1.165) is 5.75 Å². The molecule has 0 aliphatic carbocycles. The highest BCUT2D eigenvalue weighted by molar-refractivity contribution is 8.00. The number of sulfone groups is 1. The second-order valence-electron chi connectivity index (χ2n) is 4.88. The highest BCUT2D eigenvalue weighted by Gasteiger charge is 2.40. The van der Waals surface area contributed by atoms with E-state index in [4.69, 9.17) is 11.6 Å². The molecule has 1 fully saturated rings. The van der Waals surface area contributed by atoms with E-state index < -0.39 is 20.6 Å². The molecule has 1 unspecified atom stereocenters. The van der Waals surface area contributed by atoms with E-state index >= 15 is 0 Å². The Kier molecular flexibility index (Phi) is 4.77. The summed E-state index contributed by atoms with van der Waals surface area (Å²) < 4.78 is 23.4. The maximum atomic E-state index is 12.3. The molecular weight excluding hydrogens is 282 g/mol. The molecule has 1 atom stereocenters. The number of rotatable bonds is 3. The molecular formula is C10H18ClNO3S2. The van der Waals surface area contributed by atoms with Gasteiger partial charge in [0.05, 0.1) is 5.41 Å². The Morgan fingerprint density at radius 1 is 1.53 bits per heavy atom. The summed E-state index contributed by atoms with van der Waals surface area (Å²) in [6.45, 7) is 3.95. The van der Waals surface area contributed by atoms with Crippen LogP contribution in [0.1, 0.15) is 13.8 Å². The molecule has 1 amide bonds. The minimum atomic E-state index is -3.25. The van der Waals surface area contributed by atoms with Crippen LogP contribution in [-0.2, 0) is 14.6 Å². The average Bonchev–Trinajstić information content (AvgIpc) is 2.27. The van der Waals surface area contributed by atoms with E-state index in [0.29, 0.717) is 12.3 Å². The van der Waals surface area contributed by atoms with Gasteiger partial charge < -0.3 is 4.90 Å². The molecule has 0 bridgehead atoms. The smallest absolute Gasteiger partial charge is 0.230 e. The fourth-order valence-electron chi connectivity index (χ4n) is 1.61. The Morgan fingerprint density at radius 2 is 2.12 bits per heavy atom. The van der Waals surface area contributed by atoms with Gasteiger partial charge in [-0.1, -0.05) is 0 Å². The quantitative estimate of drug-likeness (QED) is 0.735. The first-order chi connectivity index (χ1) is 7.70. The molecule has 7 heteroatoms. The summed E-state index contributed by atoms with van der Waals surface area (Å²) in [4.78, 5) is 13.7. The van der Waals surface area contributed by atoms with Crippen LogP contribution in [0.5, 0.6) is 0 Å². The van der Waals surface area contributed by atoms with Crippen LogP contribution in [0.2, 0.25) is 0 Å². The number of hydrogen-bond acceptors (Lipinski definition) is 4. The molecule has 1 heterocycles. The van der Waals surface area contributed by atoms with Gasteiger partial charge in [-0.05, 0) is 13.8 Å². The molecule has 0 radical (unpaired) electrons. The van der Waals surface area contributed by atoms with Crippen molar-refractivity contribution < 1.29 is 13.2 Å². The number of nitrogens with zero attached hydrogens (tertiary/aromatic N) is 1. The lowest BCUT2D eigenvalue weighted by molar-refractivity contribution is -0.139. The summed E-state index contributed by atoms with van der Waals surface area (Å²) in [5.41, 5.74) is -0.716. The van der Waals surface area contributed by atoms with Crippen molar-refractivity contribution in [2.75, 3.05) is 30.2 Å². The summed E-state index contributed by atoms with van der Waals surface area (Å²) in [6, 6.07) is 0. The monoisotopic (exact) mass is 299 g/mol. The molecule has 0 aromatic carbocycles. The van der Waals surface area contributed by atoms with Gasteiger partial charge in [0, 0.05) is 30.2 Å². The summed E-state index contributed by atoms with van der Waals surface area (Å²) in [5.74, 6) is 1.23. The molecule has 1 saturated heterocycles. The highest BCUT2D eigenvalue weighted by Crippen LogP contribution is 2.27. The molecule has 1 aliphatic rings. The minimum Gasteiger partial charge on any atom is -0.324 e. The fraction of sp³-hybridized carbons (Fsp3) is 0.900. The molecule has 4 nitrogen and oxygen atoms in total. The fourth-order valence-corrected chi connectivity index (χ4v) is 4.54. The van der Waals surface area contributed by atoms with Crippen molar-refractivity contribution in [2.24, 2.45) is 5.41 Å². The highest BCUT2D eigenvalue weighted by atomic mass is 35.5. The van der Waals surface area contributed by atoms with Crippen LogP contribution in [0.3, 0.4) is 0 Å². The zero-order chi connectivity index (χ0) is 13.3. The van der Waals surface area contributed by atoms with Crippen molar-refractivity contribution in [2.45, 2.75) is 19.2 Å². The number of hydrogen-bond donors (Lipinski definition) is 0. The van der Waals surface area contributed by atoms with Gasteiger partial charge in [0.2, 0.25) is 5.91 Å². The van der Waals surface area contributed by atoms with Gasteiger partial charge in [-0.2, -0.15) is 11.8 Å². The van der Waals surface area contributed by atoms with Crippen LogP contribution in [0.15, 0.2) is 0 Å². The summed E-state index contributed by atoms with van der Waals surface area (Å²) in [6.07, 6.45) is 1.18. The van der Waals surface area contributed by atoms with Gasteiger partial charge in [0.1, 0.15) is 5.37 Å². The largest absolute Gasteiger partial charge is 0.324 e. The van der Waals surface area contributed by atoms with Crippen molar-refractivity contribution in [3.05, 3.63) is 0 Å². The molecule has 17 heavy (non-hydrogen) atoms. The maximum absolute atomic E-state index is 12.3. The molecule has 0 spiro atoms. The van der Waals surface area contributed by atoms with E-state index in [1.54, 1.807) is 25.6 Å². The van der Waals surface area contributed by atoms with E-state index in [9.17, 15) is 13.2 Å². The lowest BCUT2D eigenvalue weighted by atomic mass is 9.94. The number of carbonyl (C=O) groups is 1. The van der Waals surface area contributed by atoms with E-state index in [1.807, 2.05) is 0 Å². The van der Waals surface area contributed by atoms with Crippen molar-refractivity contribution in [1.82, 2.24) is 4.90 Å². The minimum absolute atomic E-state index is 0.178. The maximum Gasteiger partial charge on any atom is 0.230 e. The van der Waals surface area contributed by atoms with Crippen LogP contribution >= 0.6 is 23.4 Å². The predicted molar refractivity (Wildman–Crippen MR) is 72.2 cm³/mol. The third kappa shape index (κ3) is 3.51. The normalized spacial score (nSPS) is 22.6. The van der Waals surface area contributed by atoms with Crippen LogP contribution in [0, 0.1) is 5.41 Å². The molecule has 100 valence electrons. The number of halogens is 1. The van der Waals surface area contributed by atoms with Crippen LogP contribution in [-0.4, -0.2) is 54.8 Å². The van der Waals surface area contributed by atoms with Crippen LogP contribution in [0.25, 0.3) is 0 Å². The van der Waals surface area contributed by atoms with Crippen molar-refractivity contribution in [1.29, 1.82) is 0 Å². The Hall–Kier alpha value is 0.0600. The van der Waals surface area contributed by atoms with Gasteiger partial charge in [-0.25, -0.2) is 8.42 Å². The average molecular weight is 300 g/mol. The SMILES string of the molecule is CC(C)(CCl)C(=O)N1CCSCC1S(C)(=O)=O. The van der Waals surface area contributed by atoms with Gasteiger partial charge in [0.25, 0.3) is 0 Å². The molecule has 0 saturated carbocycles. The van der Waals surface area contributed by atoms with Gasteiger partial charge in [-0.15, -0.1) is 11.6 Å². The topological polar surface area (TPSA) is 54.5 Å². The standard InChI is InChI=1S/C10H18ClNO3S2/c1-10(2,7-11)9(13)12-4-5-16-6-8(12)17(3,14)15/h8H,4-7H2,1-3H3. The number of alkyl halides is 1. The molecule has 1 rings (SSSR count). The molecule has 0 N–H and O–H groups in total. The lowest BCUT2D eigenvalue weighted by Gasteiger charge is -2.38. The van der Waals surface area contributed by atoms with Crippen LogP contribution < -0.4 is 0 Å². The molecule has 0 aromatic heterocycles. The predicted octanol–water partition coefficient (Wildman–Crippen LogP) is 1.20.